The lowest BCUT2D eigenvalue weighted by atomic mass is 10.1. The number of nitrogens with zero attached hydrogens (tertiary/aromatic N) is 1. The summed E-state index contributed by atoms with van der Waals surface area (Å²) in [5, 5.41) is 11.6. The highest BCUT2D eigenvalue weighted by molar-refractivity contribution is 6.32. The van der Waals surface area contributed by atoms with E-state index in [-0.39, 0.29) is 22.8 Å². The molecule has 0 spiro atoms. The molecule has 0 saturated carbocycles. The van der Waals surface area contributed by atoms with Crippen molar-refractivity contribution in [2.45, 2.75) is 19.4 Å². The van der Waals surface area contributed by atoms with Gasteiger partial charge in [0.05, 0.1) is 24.1 Å². The van der Waals surface area contributed by atoms with Crippen LogP contribution in [-0.4, -0.2) is 25.1 Å². The van der Waals surface area contributed by atoms with Gasteiger partial charge >= 0.3 is 5.97 Å². The molecule has 2 rings (SSSR count). The Morgan fingerprint density at radius 1 is 1.30 bits per heavy atom. The fraction of sp³-hybridized carbons (Fsp3) is 0.211. The second-order valence-electron chi connectivity index (χ2n) is 5.57. The molecule has 1 amide bonds. The number of methoxy groups -OCH3 is 1. The van der Waals surface area contributed by atoms with Crippen molar-refractivity contribution in [3.8, 4) is 11.8 Å². The summed E-state index contributed by atoms with van der Waals surface area (Å²) in [7, 11) is 1.34. The van der Waals surface area contributed by atoms with Crippen molar-refractivity contribution in [3.05, 3.63) is 58.4 Å². The Balaban J connectivity index is 1.93. The molecule has 140 valence electrons. The maximum absolute atomic E-state index is 13.6. The first-order chi connectivity index (χ1) is 12.8. The standard InChI is InChI=1S/C19H16ClFN2O4/c1-11(19(25)23-14-5-4-13(10-22)15(20)9-14)27-18(24)8-12-3-6-17(26-2)16(21)7-12/h3-7,9,11H,8H2,1-2H3,(H,23,25)/t11-/m0/s1. The lowest BCUT2D eigenvalue weighted by Crippen LogP contribution is -2.30. The number of anilines is 1. The third-order valence-electron chi connectivity index (χ3n) is 3.60. The fourth-order valence-corrected chi connectivity index (χ4v) is 2.43. The number of amides is 1. The quantitative estimate of drug-likeness (QED) is 0.763. The van der Waals surface area contributed by atoms with Crippen LogP contribution in [0, 0.1) is 17.1 Å². The van der Waals surface area contributed by atoms with Crippen LogP contribution in [0.1, 0.15) is 18.1 Å². The molecule has 0 heterocycles. The van der Waals surface area contributed by atoms with Crippen LogP contribution in [0.4, 0.5) is 10.1 Å². The molecule has 2 aromatic rings. The van der Waals surface area contributed by atoms with Crippen LogP contribution in [-0.2, 0) is 20.7 Å². The second-order valence-corrected chi connectivity index (χ2v) is 5.98. The first kappa shape index (κ1) is 20.2. The number of carbonyl (C=O) groups excluding carboxylic acids is 2. The molecule has 0 aliphatic rings. The predicted molar refractivity (Wildman–Crippen MR) is 97.0 cm³/mol. The summed E-state index contributed by atoms with van der Waals surface area (Å²) in [6, 6.07) is 10.4. The molecule has 0 fully saturated rings. The van der Waals surface area contributed by atoms with E-state index >= 15 is 0 Å². The van der Waals surface area contributed by atoms with Gasteiger partial charge in [-0.3, -0.25) is 9.59 Å². The van der Waals surface area contributed by atoms with Gasteiger partial charge < -0.3 is 14.8 Å². The third-order valence-corrected chi connectivity index (χ3v) is 3.91. The highest BCUT2D eigenvalue weighted by Gasteiger charge is 2.19. The Morgan fingerprint density at radius 2 is 2.04 bits per heavy atom. The lowest BCUT2D eigenvalue weighted by Gasteiger charge is -2.14. The Bertz CT molecular complexity index is 911. The van der Waals surface area contributed by atoms with Gasteiger partial charge in [-0.1, -0.05) is 17.7 Å². The summed E-state index contributed by atoms with van der Waals surface area (Å²) < 4.78 is 23.5. The Hall–Kier alpha value is -3.11. The van der Waals surface area contributed by atoms with E-state index in [1.165, 1.54) is 50.4 Å². The van der Waals surface area contributed by atoms with Crippen LogP contribution >= 0.6 is 11.6 Å². The number of nitriles is 1. The van der Waals surface area contributed by atoms with Gasteiger partial charge in [-0.2, -0.15) is 5.26 Å². The number of carbonyl (C=O) groups is 2. The summed E-state index contributed by atoms with van der Waals surface area (Å²) in [5.41, 5.74) is 1.04. The molecule has 6 nitrogen and oxygen atoms in total. The topological polar surface area (TPSA) is 88.4 Å². The highest BCUT2D eigenvalue weighted by atomic mass is 35.5. The zero-order valence-electron chi connectivity index (χ0n) is 14.6. The van der Waals surface area contributed by atoms with Crippen molar-refractivity contribution in [2.75, 3.05) is 12.4 Å². The van der Waals surface area contributed by atoms with Crippen LogP contribution < -0.4 is 10.1 Å². The third kappa shape index (κ3) is 5.43. The highest BCUT2D eigenvalue weighted by Crippen LogP contribution is 2.21. The molecular formula is C19H16ClFN2O4. The molecule has 1 N–H and O–H groups in total. The number of nitrogens with one attached hydrogen (secondary N) is 1. The summed E-state index contributed by atoms with van der Waals surface area (Å²) in [6.07, 6.45) is -1.27. The summed E-state index contributed by atoms with van der Waals surface area (Å²) in [4.78, 5) is 24.1. The zero-order chi connectivity index (χ0) is 20.0. The van der Waals surface area contributed by atoms with Crippen molar-refractivity contribution < 1.29 is 23.5 Å². The zero-order valence-corrected chi connectivity index (χ0v) is 15.3. The molecule has 2 aromatic carbocycles. The number of hydrogen-bond acceptors (Lipinski definition) is 5. The molecule has 0 aliphatic carbocycles. The largest absolute Gasteiger partial charge is 0.494 e. The number of halogens is 2. The fourth-order valence-electron chi connectivity index (χ4n) is 2.21. The molecule has 0 saturated heterocycles. The van der Waals surface area contributed by atoms with E-state index in [9.17, 15) is 14.0 Å². The molecule has 8 heteroatoms. The monoisotopic (exact) mass is 390 g/mol. The van der Waals surface area contributed by atoms with E-state index in [0.717, 1.165) is 0 Å². The van der Waals surface area contributed by atoms with Crippen LogP contribution in [0.5, 0.6) is 5.75 Å². The SMILES string of the molecule is COc1ccc(CC(=O)O[C@@H](C)C(=O)Nc2ccc(C#N)c(Cl)c2)cc1F. The van der Waals surface area contributed by atoms with Crippen molar-refractivity contribution >= 4 is 29.2 Å². The van der Waals surface area contributed by atoms with Crippen LogP contribution in [0.25, 0.3) is 0 Å². The maximum atomic E-state index is 13.6. The number of benzene rings is 2. The van der Waals surface area contributed by atoms with Crippen LogP contribution in [0.3, 0.4) is 0 Å². The molecule has 0 aliphatic heterocycles. The summed E-state index contributed by atoms with van der Waals surface area (Å²) in [5.74, 6) is -1.77. The predicted octanol–water partition coefficient (Wildman–Crippen LogP) is 3.47. The number of ether oxygens (including phenoxy) is 2. The van der Waals surface area contributed by atoms with E-state index in [1.807, 2.05) is 6.07 Å². The average molecular weight is 391 g/mol. The van der Waals surface area contributed by atoms with Gasteiger partial charge in [0.2, 0.25) is 0 Å². The van der Waals surface area contributed by atoms with Crippen molar-refractivity contribution in [2.24, 2.45) is 0 Å². The van der Waals surface area contributed by atoms with Gasteiger partial charge in [0.15, 0.2) is 17.7 Å². The smallest absolute Gasteiger partial charge is 0.311 e. The van der Waals surface area contributed by atoms with E-state index in [4.69, 9.17) is 26.3 Å². The molecule has 0 bridgehead atoms. The van der Waals surface area contributed by atoms with Gasteiger partial charge in [0.1, 0.15) is 6.07 Å². The summed E-state index contributed by atoms with van der Waals surface area (Å²) >= 11 is 5.90. The summed E-state index contributed by atoms with van der Waals surface area (Å²) in [6.45, 7) is 1.41. The van der Waals surface area contributed by atoms with Crippen molar-refractivity contribution in [1.29, 1.82) is 5.26 Å². The lowest BCUT2D eigenvalue weighted by molar-refractivity contribution is -0.152. The van der Waals surface area contributed by atoms with Gasteiger partial charge in [-0.25, -0.2) is 4.39 Å². The van der Waals surface area contributed by atoms with Crippen molar-refractivity contribution in [3.63, 3.8) is 0 Å². The van der Waals surface area contributed by atoms with Gasteiger partial charge in [-0.05, 0) is 42.8 Å². The molecule has 0 radical (unpaired) electrons. The normalized spacial score (nSPS) is 11.2. The van der Waals surface area contributed by atoms with Gasteiger partial charge in [0.25, 0.3) is 5.91 Å². The Labute approximate surface area is 160 Å². The number of hydrogen-bond donors (Lipinski definition) is 1. The Kier molecular flexibility index (Phi) is 6.74. The number of esters is 1. The molecule has 27 heavy (non-hydrogen) atoms. The number of rotatable bonds is 6. The van der Waals surface area contributed by atoms with Crippen molar-refractivity contribution in [1.82, 2.24) is 0 Å². The van der Waals surface area contributed by atoms with E-state index in [2.05, 4.69) is 5.32 Å². The van der Waals surface area contributed by atoms with E-state index in [1.54, 1.807) is 0 Å². The molecule has 1 atom stereocenters. The van der Waals surface area contributed by atoms with Gasteiger partial charge in [-0.15, -0.1) is 0 Å². The first-order valence-corrected chi connectivity index (χ1v) is 8.24. The minimum absolute atomic E-state index is 0.0703. The molecular weight excluding hydrogens is 375 g/mol. The van der Waals surface area contributed by atoms with Crippen LogP contribution in [0.2, 0.25) is 5.02 Å². The Morgan fingerprint density at radius 3 is 2.63 bits per heavy atom. The molecule has 0 unspecified atom stereocenters. The maximum Gasteiger partial charge on any atom is 0.311 e. The van der Waals surface area contributed by atoms with E-state index < -0.39 is 23.8 Å². The average Bonchev–Trinajstić information content (AvgIpc) is 2.62. The first-order valence-electron chi connectivity index (χ1n) is 7.86. The van der Waals surface area contributed by atoms with Crippen LogP contribution in [0.15, 0.2) is 36.4 Å². The van der Waals surface area contributed by atoms with Gasteiger partial charge in [0, 0.05) is 5.69 Å². The minimum Gasteiger partial charge on any atom is -0.494 e. The minimum atomic E-state index is -1.07. The second kappa shape index (κ2) is 9.01. The van der Waals surface area contributed by atoms with E-state index in [0.29, 0.717) is 11.3 Å². The molecule has 0 aromatic heterocycles.